The van der Waals surface area contributed by atoms with Crippen LogP contribution < -0.4 is 5.32 Å². The van der Waals surface area contributed by atoms with Gasteiger partial charge in [-0.05, 0) is 37.8 Å². The van der Waals surface area contributed by atoms with Crippen molar-refractivity contribution < 1.29 is 0 Å². The Hall–Kier alpha value is -0.980. The second-order valence-electron chi connectivity index (χ2n) is 4.30. The van der Waals surface area contributed by atoms with Gasteiger partial charge < -0.3 is 5.32 Å². The molecule has 1 aromatic rings. The van der Waals surface area contributed by atoms with Gasteiger partial charge in [-0.15, -0.1) is 0 Å². The first-order valence-corrected chi connectivity index (χ1v) is 6.04. The monoisotopic (exact) mass is 205 g/mol. The number of nitrogens with one attached hydrogen (secondary N) is 1. The van der Waals surface area contributed by atoms with Gasteiger partial charge in [0.15, 0.2) is 0 Å². The van der Waals surface area contributed by atoms with Crippen LogP contribution in [0.5, 0.6) is 0 Å². The SMILES string of the molecule is CCCC(C)Nc1c(C)cccc1CC. The first-order chi connectivity index (χ1) is 7.19. The van der Waals surface area contributed by atoms with Gasteiger partial charge >= 0.3 is 0 Å². The minimum atomic E-state index is 0.571. The summed E-state index contributed by atoms with van der Waals surface area (Å²) in [5.74, 6) is 0. The maximum absolute atomic E-state index is 3.63. The van der Waals surface area contributed by atoms with Gasteiger partial charge in [-0.25, -0.2) is 0 Å². The van der Waals surface area contributed by atoms with Crippen molar-refractivity contribution in [2.75, 3.05) is 5.32 Å². The topological polar surface area (TPSA) is 12.0 Å². The maximum Gasteiger partial charge on any atom is 0.0404 e. The number of benzene rings is 1. The molecule has 84 valence electrons. The lowest BCUT2D eigenvalue weighted by Gasteiger charge is -2.19. The van der Waals surface area contributed by atoms with Gasteiger partial charge in [0.1, 0.15) is 0 Å². The lowest BCUT2D eigenvalue weighted by atomic mass is 10.0. The average molecular weight is 205 g/mol. The predicted octanol–water partition coefficient (Wildman–Crippen LogP) is 4.16. The molecule has 0 amide bonds. The molecule has 0 saturated carbocycles. The molecule has 0 aliphatic rings. The lowest BCUT2D eigenvalue weighted by molar-refractivity contribution is 0.689. The molecule has 0 aliphatic heterocycles. The van der Waals surface area contributed by atoms with Crippen LogP contribution in [0.3, 0.4) is 0 Å². The predicted molar refractivity (Wildman–Crippen MR) is 68.5 cm³/mol. The molecule has 1 atom stereocenters. The van der Waals surface area contributed by atoms with E-state index in [-0.39, 0.29) is 0 Å². The molecular formula is C14H23N. The molecule has 1 nitrogen and oxygen atoms in total. The summed E-state index contributed by atoms with van der Waals surface area (Å²) in [5, 5.41) is 3.63. The Bertz CT molecular complexity index is 304. The van der Waals surface area contributed by atoms with Crippen molar-refractivity contribution in [2.24, 2.45) is 0 Å². The van der Waals surface area contributed by atoms with Crippen LogP contribution in [-0.4, -0.2) is 6.04 Å². The molecule has 0 saturated heterocycles. The number of hydrogen-bond donors (Lipinski definition) is 1. The molecular weight excluding hydrogens is 182 g/mol. The maximum atomic E-state index is 3.63. The molecule has 1 aromatic carbocycles. The van der Waals surface area contributed by atoms with E-state index in [9.17, 15) is 0 Å². The molecule has 15 heavy (non-hydrogen) atoms. The molecule has 0 heterocycles. The Balaban J connectivity index is 2.82. The minimum Gasteiger partial charge on any atom is -0.382 e. The van der Waals surface area contributed by atoms with E-state index >= 15 is 0 Å². The molecule has 1 heteroatoms. The van der Waals surface area contributed by atoms with Crippen molar-refractivity contribution >= 4 is 5.69 Å². The van der Waals surface area contributed by atoms with Crippen LogP contribution in [-0.2, 0) is 6.42 Å². The first kappa shape index (κ1) is 12.1. The molecule has 0 fully saturated rings. The Labute approximate surface area is 93.9 Å². The summed E-state index contributed by atoms with van der Waals surface area (Å²) in [4.78, 5) is 0. The minimum absolute atomic E-state index is 0.571. The van der Waals surface area contributed by atoms with Crippen molar-refractivity contribution in [2.45, 2.75) is 53.0 Å². The van der Waals surface area contributed by atoms with Crippen LogP contribution in [0.4, 0.5) is 5.69 Å². The second kappa shape index (κ2) is 5.79. The number of rotatable bonds is 5. The highest BCUT2D eigenvalue weighted by atomic mass is 14.9. The molecule has 1 unspecified atom stereocenters. The smallest absolute Gasteiger partial charge is 0.0404 e. The van der Waals surface area contributed by atoms with Gasteiger partial charge in [0.05, 0.1) is 0 Å². The summed E-state index contributed by atoms with van der Waals surface area (Å²) < 4.78 is 0. The number of aryl methyl sites for hydroxylation is 2. The van der Waals surface area contributed by atoms with Gasteiger partial charge in [0.25, 0.3) is 0 Å². The van der Waals surface area contributed by atoms with Crippen molar-refractivity contribution in [3.8, 4) is 0 Å². The van der Waals surface area contributed by atoms with Gasteiger partial charge in [0.2, 0.25) is 0 Å². The molecule has 0 spiro atoms. The van der Waals surface area contributed by atoms with Crippen LogP contribution in [0, 0.1) is 6.92 Å². The van der Waals surface area contributed by atoms with E-state index in [0.29, 0.717) is 6.04 Å². The molecule has 0 aromatic heterocycles. The summed E-state index contributed by atoms with van der Waals surface area (Å²) in [7, 11) is 0. The summed E-state index contributed by atoms with van der Waals surface area (Å²) >= 11 is 0. The molecule has 1 rings (SSSR count). The zero-order valence-corrected chi connectivity index (χ0v) is 10.4. The molecule has 0 radical (unpaired) electrons. The van der Waals surface area contributed by atoms with E-state index in [4.69, 9.17) is 0 Å². The first-order valence-electron chi connectivity index (χ1n) is 6.04. The molecule has 0 bridgehead atoms. The third kappa shape index (κ3) is 3.26. The zero-order chi connectivity index (χ0) is 11.3. The highest BCUT2D eigenvalue weighted by Crippen LogP contribution is 2.22. The van der Waals surface area contributed by atoms with Crippen LogP contribution >= 0.6 is 0 Å². The van der Waals surface area contributed by atoms with E-state index < -0.39 is 0 Å². The standard InChI is InChI=1S/C14H23N/c1-5-8-12(4)15-14-11(3)9-7-10-13(14)6-2/h7,9-10,12,15H,5-6,8H2,1-4H3. The van der Waals surface area contributed by atoms with Crippen LogP contribution in [0.2, 0.25) is 0 Å². The Morgan fingerprint density at radius 1 is 1.27 bits per heavy atom. The Morgan fingerprint density at radius 3 is 2.60 bits per heavy atom. The number of anilines is 1. The van der Waals surface area contributed by atoms with Gasteiger partial charge in [-0.1, -0.05) is 38.5 Å². The normalized spacial score (nSPS) is 12.5. The lowest BCUT2D eigenvalue weighted by Crippen LogP contribution is -2.16. The number of para-hydroxylation sites is 1. The Morgan fingerprint density at radius 2 is 2.00 bits per heavy atom. The van der Waals surface area contributed by atoms with Gasteiger partial charge in [-0.3, -0.25) is 0 Å². The van der Waals surface area contributed by atoms with Crippen molar-refractivity contribution in [1.29, 1.82) is 0 Å². The van der Waals surface area contributed by atoms with Crippen LogP contribution in [0.15, 0.2) is 18.2 Å². The molecule has 1 N–H and O–H groups in total. The number of hydrogen-bond acceptors (Lipinski definition) is 1. The van der Waals surface area contributed by atoms with Gasteiger partial charge in [-0.2, -0.15) is 0 Å². The van der Waals surface area contributed by atoms with E-state index in [1.165, 1.54) is 29.7 Å². The fourth-order valence-corrected chi connectivity index (χ4v) is 1.98. The van der Waals surface area contributed by atoms with E-state index in [2.05, 4.69) is 51.2 Å². The van der Waals surface area contributed by atoms with Crippen molar-refractivity contribution in [3.05, 3.63) is 29.3 Å². The van der Waals surface area contributed by atoms with Crippen LogP contribution in [0.25, 0.3) is 0 Å². The van der Waals surface area contributed by atoms with Gasteiger partial charge in [0, 0.05) is 11.7 Å². The van der Waals surface area contributed by atoms with E-state index in [1.807, 2.05) is 0 Å². The largest absolute Gasteiger partial charge is 0.382 e. The summed E-state index contributed by atoms with van der Waals surface area (Å²) in [6.45, 7) is 8.89. The second-order valence-corrected chi connectivity index (χ2v) is 4.30. The van der Waals surface area contributed by atoms with Crippen LogP contribution in [0.1, 0.15) is 44.7 Å². The fourth-order valence-electron chi connectivity index (χ4n) is 1.98. The van der Waals surface area contributed by atoms with E-state index in [0.717, 1.165) is 6.42 Å². The quantitative estimate of drug-likeness (QED) is 0.761. The molecule has 0 aliphatic carbocycles. The highest BCUT2D eigenvalue weighted by Gasteiger charge is 2.06. The van der Waals surface area contributed by atoms with E-state index in [1.54, 1.807) is 0 Å². The Kier molecular flexibility index (Phi) is 4.67. The third-order valence-corrected chi connectivity index (χ3v) is 2.85. The summed E-state index contributed by atoms with van der Waals surface area (Å²) in [5.41, 5.74) is 4.14. The van der Waals surface area contributed by atoms with Crippen molar-refractivity contribution in [3.63, 3.8) is 0 Å². The fraction of sp³-hybridized carbons (Fsp3) is 0.571. The highest BCUT2D eigenvalue weighted by molar-refractivity contribution is 5.57. The summed E-state index contributed by atoms with van der Waals surface area (Å²) in [6, 6.07) is 7.11. The third-order valence-electron chi connectivity index (χ3n) is 2.85. The zero-order valence-electron chi connectivity index (χ0n) is 10.4. The summed E-state index contributed by atoms with van der Waals surface area (Å²) in [6.07, 6.45) is 3.57. The van der Waals surface area contributed by atoms with Crippen molar-refractivity contribution in [1.82, 2.24) is 0 Å². The average Bonchev–Trinajstić information content (AvgIpc) is 2.21.